The van der Waals surface area contributed by atoms with Crippen molar-refractivity contribution >= 4 is 23.1 Å². The quantitative estimate of drug-likeness (QED) is 0.795. The third-order valence-electron chi connectivity index (χ3n) is 3.06. The Morgan fingerprint density at radius 2 is 2.11 bits per heavy atom. The minimum atomic E-state index is -0.530. The van der Waals surface area contributed by atoms with E-state index in [9.17, 15) is 9.59 Å². The number of nitrogens with zero attached hydrogens (tertiary/aromatic N) is 1. The summed E-state index contributed by atoms with van der Waals surface area (Å²) in [7, 11) is 0. The van der Waals surface area contributed by atoms with Gasteiger partial charge >= 0.3 is 5.63 Å². The normalized spacial score (nSPS) is 16.1. The Balaban J connectivity index is 2.12. The minimum Gasteiger partial charge on any atom is -0.420 e. The highest BCUT2D eigenvalue weighted by Gasteiger charge is 2.18. The monoisotopic (exact) mass is 263 g/mol. The fourth-order valence-electron chi connectivity index (χ4n) is 2.15. The molecule has 0 amide bonds. The molecule has 0 aromatic carbocycles. The lowest BCUT2D eigenvalue weighted by atomic mass is 10.0. The van der Waals surface area contributed by atoms with Crippen molar-refractivity contribution in [2.75, 3.05) is 0 Å². The van der Waals surface area contributed by atoms with Crippen LogP contribution in [0, 0.1) is 0 Å². The molecular formula is C13H10ClNO3. The minimum absolute atomic E-state index is 0.103. The number of carbonyl (C=O) groups is 1. The Morgan fingerprint density at radius 1 is 1.28 bits per heavy atom. The molecule has 0 atom stereocenters. The molecule has 2 aliphatic heterocycles. The topological polar surface area (TPSA) is 52.2 Å². The smallest absolute Gasteiger partial charge is 0.355 e. The molecule has 0 bridgehead atoms. The highest BCUT2D eigenvalue weighted by molar-refractivity contribution is 6.33. The summed E-state index contributed by atoms with van der Waals surface area (Å²) >= 11 is 5.82. The van der Waals surface area contributed by atoms with Crippen LogP contribution in [0.5, 0.6) is 0 Å². The van der Waals surface area contributed by atoms with Crippen LogP contribution < -0.4 is 5.63 Å². The first-order valence-electron chi connectivity index (χ1n) is 5.69. The molecule has 5 heteroatoms. The van der Waals surface area contributed by atoms with Crippen molar-refractivity contribution in [3.8, 4) is 11.3 Å². The van der Waals surface area contributed by atoms with Gasteiger partial charge in [0.2, 0.25) is 0 Å². The predicted molar refractivity (Wildman–Crippen MR) is 67.7 cm³/mol. The molecule has 0 saturated heterocycles. The zero-order chi connectivity index (χ0) is 12.7. The molecule has 0 spiro atoms. The Labute approximate surface area is 108 Å². The maximum absolute atomic E-state index is 11.4. The Kier molecular flexibility index (Phi) is 2.59. The second-order valence-electron chi connectivity index (χ2n) is 4.29. The third kappa shape index (κ3) is 1.78. The van der Waals surface area contributed by atoms with Gasteiger partial charge in [0.25, 0.3) is 0 Å². The van der Waals surface area contributed by atoms with Crippen LogP contribution >= 0.6 is 11.6 Å². The van der Waals surface area contributed by atoms with Crippen LogP contribution in [-0.4, -0.2) is 10.4 Å². The van der Waals surface area contributed by atoms with Gasteiger partial charge in [0.15, 0.2) is 11.5 Å². The lowest BCUT2D eigenvalue weighted by molar-refractivity contribution is -0.114. The van der Waals surface area contributed by atoms with Crippen molar-refractivity contribution in [1.29, 1.82) is 0 Å². The van der Waals surface area contributed by atoms with E-state index in [1.54, 1.807) is 29.1 Å². The molecule has 3 aliphatic rings. The van der Waals surface area contributed by atoms with Crippen molar-refractivity contribution < 1.29 is 9.21 Å². The van der Waals surface area contributed by atoms with Crippen LogP contribution in [0.2, 0.25) is 5.02 Å². The van der Waals surface area contributed by atoms with Crippen molar-refractivity contribution in [3.63, 3.8) is 0 Å². The molecular weight excluding hydrogens is 254 g/mol. The number of fused-ring (bicyclic) bond motifs is 1. The van der Waals surface area contributed by atoms with Crippen LogP contribution in [0.1, 0.15) is 19.3 Å². The standard InChI is InChI=1S/C13H10ClNO3/c14-12-10-4-5-15(7-11(10)18-13(12)17)8-2-1-3-9(16)6-8/h4-7H,1-3H2. The van der Waals surface area contributed by atoms with Gasteiger partial charge in [0, 0.05) is 30.0 Å². The maximum atomic E-state index is 11.4. The lowest BCUT2D eigenvalue weighted by Gasteiger charge is -2.15. The van der Waals surface area contributed by atoms with Crippen LogP contribution in [0.25, 0.3) is 17.0 Å². The molecule has 92 valence electrons. The van der Waals surface area contributed by atoms with Crippen molar-refractivity contribution in [2.24, 2.45) is 0 Å². The summed E-state index contributed by atoms with van der Waals surface area (Å²) in [6.45, 7) is 0. The third-order valence-corrected chi connectivity index (χ3v) is 3.42. The Bertz CT molecular complexity index is 680. The van der Waals surface area contributed by atoms with Gasteiger partial charge in [-0.1, -0.05) is 11.6 Å². The lowest BCUT2D eigenvalue weighted by Crippen LogP contribution is -2.07. The van der Waals surface area contributed by atoms with E-state index in [0.717, 1.165) is 18.5 Å². The van der Waals surface area contributed by atoms with Gasteiger partial charge in [0.05, 0.1) is 6.20 Å². The summed E-state index contributed by atoms with van der Waals surface area (Å²) < 4.78 is 6.84. The first-order chi connectivity index (χ1) is 8.65. The number of rotatable bonds is 1. The van der Waals surface area contributed by atoms with E-state index in [1.807, 2.05) is 0 Å². The van der Waals surface area contributed by atoms with E-state index >= 15 is 0 Å². The van der Waals surface area contributed by atoms with Gasteiger partial charge in [-0.3, -0.25) is 4.79 Å². The van der Waals surface area contributed by atoms with E-state index in [0.29, 0.717) is 17.7 Å². The zero-order valence-corrected chi connectivity index (χ0v) is 10.2. The van der Waals surface area contributed by atoms with Crippen LogP contribution in [0.4, 0.5) is 0 Å². The molecule has 0 aromatic heterocycles. The maximum Gasteiger partial charge on any atom is 0.355 e. The fraction of sp³-hybridized carbons (Fsp3) is 0.231. The van der Waals surface area contributed by atoms with Gasteiger partial charge < -0.3 is 8.98 Å². The highest BCUT2D eigenvalue weighted by atomic mass is 35.5. The van der Waals surface area contributed by atoms with E-state index in [-0.39, 0.29) is 10.8 Å². The van der Waals surface area contributed by atoms with Gasteiger partial charge in [-0.2, -0.15) is 0 Å². The number of carbonyl (C=O) groups excluding carboxylic acids is 1. The van der Waals surface area contributed by atoms with Crippen LogP contribution in [-0.2, 0) is 4.79 Å². The molecule has 0 unspecified atom stereocenters. The molecule has 18 heavy (non-hydrogen) atoms. The molecule has 0 aromatic rings. The summed E-state index contributed by atoms with van der Waals surface area (Å²) in [6.07, 6.45) is 7.39. The van der Waals surface area contributed by atoms with Gasteiger partial charge in [-0.05, 0) is 18.9 Å². The number of hydrogen-bond acceptors (Lipinski definition) is 3. The highest BCUT2D eigenvalue weighted by Crippen LogP contribution is 2.29. The number of halogens is 1. The molecule has 0 N–H and O–H groups in total. The van der Waals surface area contributed by atoms with Gasteiger partial charge in [-0.15, -0.1) is 0 Å². The average Bonchev–Trinajstić information content (AvgIpc) is 2.65. The molecule has 0 radical (unpaired) electrons. The number of aromatic nitrogens is 1. The predicted octanol–water partition coefficient (Wildman–Crippen LogP) is 2.79. The largest absolute Gasteiger partial charge is 0.420 e. The second-order valence-corrected chi connectivity index (χ2v) is 4.67. The number of pyridine rings is 1. The number of ketones is 1. The second kappa shape index (κ2) is 4.14. The Morgan fingerprint density at radius 3 is 2.89 bits per heavy atom. The number of furan rings is 1. The Hall–Kier alpha value is -1.81. The van der Waals surface area contributed by atoms with Crippen molar-refractivity contribution in [3.05, 3.63) is 40.0 Å². The molecule has 0 saturated carbocycles. The summed E-state index contributed by atoms with van der Waals surface area (Å²) in [5, 5.41) is 0.103. The van der Waals surface area contributed by atoms with Crippen molar-refractivity contribution in [1.82, 2.24) is 4.57 Å². The summed E-state index contributed by atoms with van der Waals surface area (Å²) in [5.74, 6) is 0.567. The fourth-order valence-corrected chi connectivity index (χ4v) is 2.34. The van der Waals surface area contributed by atoms with E-state index < -0.39 is 5.63 Å². The van der Waals surface area contributed by atoms with E-state index in [4.69, 9.17) is 16.0 Å². The van der Waals surface area contributed by atoms with Crippen LogP contribution in [0.3, 0.4) is 0 Å². The first-order valence-corrected chi connectivity index (χ1v) is 6.07. The summed E-state index contributed by atoms with van der Waals surface area (Å²) in [4.78, 5) is 22.7. The molecule has 2 heterocycles. The summed E-state index contributed by atoms with van der Waals surface area (Å²) in [5.41, 5.74) is 0.979. The summed E-state index contributed by atoms with van der Waals surface area (Å²) in [6, 6.07) is 1.72. The SMILES string of the molecule is O=C1C=C(n2ccc3c(Cl)c(=O)oc-3c2)CCC1. The number of allylic oxidation sites excluding steroid dienone is 2. The molecule has 1 aliphatic carbocycles. The van der Waals surface area contributed by atoms with Gasteiger partial charge in [-0.25, -0.2) is 4.79 Å². The average molecular weight is 264 g/mol. The molecule has 0 fully saturated rings. The molecule has 3 rings (SSSR count). The van der Waals surface area contributed by atoms with Gasteiger partial charge in [0.1, 0.15) is 5.02 Å². The number of hydrogen-bond donors (Lipinski definition) is 0. The van der Waals surface area contributed by atoms with Crippen molar-refractivity contribution in [2.45, 2.75) is 19.3 Å². The first kappa shape index (κ1) is 11.3. The van der Waals surface area contributed by atoms with E-state index in [1.165, 1.54) is 0 Å². The molecule has 4 nitrogen and oxygen atoms in total. The zero-order valence-electron chi connectivity index (χ0n) is 9.48. The van der Waals surface area contributed by atoms with E-state index in [2.05, 4.69) is 0 Å². The van der Waals surface area contributed by atoms with Crippen LogP contribution in [0.15, 0.2) is 33.7 Å².